The van der Waals surface area contributed by atoms with Gasteiger partial charge in [0.25, 0.3) is 17.6 Å². The zero-order valence-electron chi connectivity index (χ0n) is 16.6. The largest absolute Gasteiger partial charge is 0.323 e. The summed E-state index contributed by atoms with van der Waals surface area (Å²) in [5.74, 6) is -2.30. The van der Waals surface area contributed by atoms with Crippen LogP contribution < -0.4 is 15.5 Å². The lowest BCUT2D eigenvalue weighted by atomic mass is 10.1. The highest BCUT2D eigenvalue weighted by Crippen LogP contribution is 2.30. The summed E-state index contributed by atoms with van der Waals surface area (Å²) >= 11 is 0. The van der Waals surface area contributed by atoms with Gasteiger partial charge in [-0.05, 0) is 43.3 Å². The smallest absolute Gasteiger partial charge is 0.299 e. The Kier molecular flexibility index (Phi) is 5.28. The number of anilines is 3. The van der Waals surface area contributed by atoms with Crippen LogP contribution in [0, 0.1) is 6.92 Å². The van der Waals surface area contributed by atoms with Crippen molar-refractivity contribution in [1.29, 1.82) is 0 Å². The Balaban J connectivity index is 1.50. The number of hydrogen-bond donors (Lipinski definition) is 2. The van der Waals surface area contributed by atoms with E-state index in [0.29, 0.717) is 22.6 Å². The lowest BCUT2D eigenvalue weighted by molar-refractivity contribution is -0.118. The van der Waals surface area contributed by atoms with Crippen molar-refractivity contribution >= 4 is 40.6 Å². The summed E-state index contributed by atoms with van der Waals surface area (Å²) < 4.78 is 0. The lowest BCUT2D eigenvalue weighted by Crippen LogP contribution is -2.37. The van der Waals surface area contributed by atoms with Crippen LogP contribution in [0.4, 0.5) is 17.1 Å². The van der Waals surface area contributed by atoms with Gasteiger partial charge in [-0.15, -0.1) is 0 Å². The second-order valence-corrected chi connectivity index (χ2v) is 7.00. The number of aromatic nitrogens is 1. The van der Waals surface area contributed by atoms with Crippen molar-refractivity contribution in [2.24, 2.45) is 0 Å². The van der Waals surface area contributed by atoms with Crippen LogP contribution in [0.5, 0.6) is 0 Å². The molecule has 3 aromatic rings. The number of carbonyl (C=O) groups excluding carboxylic acids is 4. The first-order valence-electron chi connectivity index (χ1n) is 9.52. The molecule has 0 aliphatic carbocycles. The molecule has 0 saturated heterocycles. The number of carbonyl (C=O) groups is 4. The molecule has 1 aromatic heterocycles. The molecule has 8 heteroatoms. The van der Waals surface area contributed by atoms with Gasteiger partial charge in [0.1, 0.15) is 12.2 Å². The van der Waals surface area contributed by atoms with E-state index in [9.17, 15) is 19.2 Å². The highest BCUT2D eigenvalue weighted by atomic mass is 16.2. The summed E-state index contributed by atoms with van der Waals surface area (Å²) in [6, 6.07) is 16.7. The molecular formula is C23H18N4O4. The highest BCUT2D eigenvalue weighted by molar-refractivity contribution is 6.52. The number of hydrogen-bond acceptors (Lipinski definition) is 5. The third-order valence-corrected chi connectivity index (χ3v) is 4.78. The second kappa shape index (κ2) is 8.19. The molecule has 1 aliphatic heterocycles. The number of fused-ring (bicyclic) bond motifs is 1. The number of nitrogens with zero attached hydrogens (tertiary/aromatic N) is 2. The number of rotatable bonds is 5. The average Bonchev–Trinajstić information content (AvgIpc) is 3.00. The maximum absolute atomic E-state index is 12.7. The van der Waals surface area contributed by atoms with Gasteiger partial charge in [-0.1, -0.05) is 29.8 Å². The van der Waals surface area contributed by atoms with E-state index in [1.165, 1.54) is 6.20 Å². The van der Waals surface area contributed by atoms with Crippen LogP contribution in [0.1, 0.15) is 26.4 Å². The Morgan fingerprint density at radius 1 is 0.935 bits per heavy atom. The number of aryl methyl sites for hydroxylation is 1. The van der Waals surface area contributed by atoms with Gasteiger partial charge >= 0.3 is 0 Å². The molecular weight excluding hydrogens is 396 g/mol. The molecule has 2 heterocycles. The number of ketones is 1. The molecule has 0 spiro atoms. The van der Waals surface area contributed by atoms with Crippen LogP contribution in [0.15, 0.2) is 66.9 Å². The standard InChI is InChI=1S/C23H18N4O4/c1-14-9-10-19-15(12-14)21(29)23(31)27(19)13-20(28)25-16-6-2-3-7-17(16)26-22(30)18-8-4-5-11-24-18/h2-12H,13H2,1H3,(H,25,28)(H,26,30). The molecule has 154 valence electrons. The molecule has 0 saturated carbocycles. The Hall–Kier alpha value is -4.33. The number of Topliss-reactive ketones (excluding diaryl/α,β-unsaturated/α-hetero) is 1. The van der Waals surface area contributed by atoms with Crippen LogP contribution in [0.2, 0.25) is 0 Å². The quantitative estimate of drug-likeness (QED) is 0.624. The van der Waals surface area contributed by atoms with Gasteiger partial charge in [0, 0.05) is 6.20 Å². The van der Waals surface area contributed by atoms with Crippen molar-refractivity contribution in [3.8, 4) is 0 Å². The molecule has 8 nitrogen and oxygen atoms in total. The fourth-order valence-electron chi connectivity index (χ4n) is 3.29. The van der Waals surface area contributed by atoms with E-state index in [4.69, 9.17) is 0 Å². The maximum Gasteiger partial charge on any atom is 0.299 e. The molecule has 0 atom stereocenters. The van der Waals surface area contributed by atoms with Crippen molar-refractivity contribution in [3.05, 3.63) is 83.7 Å². The van der Waals surface area contributed by atoms with E-state index < -0.39 is 23.5 Å². The van der Waals surface area contributed by atoms with Gasteiger partial charge in [-0.25, -0.2) is 0 Å². The zero-order chi connectivity index (χ0) is 22.0. The SMILES string of the molecule is Cc1ccc2c(c1)C(=O)C(=O)N2CC(=O)Nc1ccccc1NC(=O)c1ccccn1. The normalized spacial score (nSPS) is 12.5. The number of pyridine rings is 1. The van der Waals surface area contributed by atoms with E-state index in [-0.39, 0.29) is 12.2 Å². The Labute approximate surface area is 177 Å². The van der Waals surface area contributed by atoms with Crippen LogP contribution in [0.25, 0.3) is 0 Å². The Morgan fingerprint density at radius 3 is 2.35 bits per heavy atom. The number of benzene rings is 2. The molecule has 2 aromatic carbocycles. The minimum Gasteiger partial charge on any atom is -0.323 e. The molecule has 31 heavy (non-hydrogen) atoms. The molecule has 1 aliphatic rings. The number of nitrogens with one attached hydrogen (secondary N) is 2. The predicted octanol–water partition coefficient (Wildman–Crippen LogP) is 2.81. The van der Waals surface area contributed by atoms with E-state index in [1.54, 1.807) is 60.7 Å². The fourth-order valence-corrected chi connectivity index (χ4v) is 3.29. The predicted molar refractivity (Wildman–Crippen MR) is 115 cm³/mol. The first kappa shape index (κ1) is 20.0. The van der Waals surface area contributed by atoms with Crippen molar-refractivity contribution in [3.63, 3.8) is 0 Å². The minimum absolute atomic E-state index is 0.233. The van der Waals surface area contributed by atoms with Gasteiger partial charge in [-0.2, -0.15) is 0 Å². The monoisotopic (exact) mass is 414 g/mol. The van der Waals surface area contributed by atoms with Gasteiger partial charge in [-0.3, -0.25) is 29.1 Å². The summed E-state index contributed by atoms with van der Waals surface area (Å²) in [6.07, 6.45) is 1.51. The van der Waals surface area contributed by atoms with Crippen LogP contribution in [-0.2, 0) is 9.59 Å². The lowest BCUT2D eigenvalue weighted by Gasteiger charge is -2.17. The van der Waals surface area contributed by atoms with Gasteiger partial charge in [0.15, 0.2) is 0 Å². The molecule has 0 radical (unpaired) electrons. The van der Waals surface area contributed by atoms with Crippen molar-refractivity contribution in [1.82, 2.24) is 4.98 Å². The molecule has 0 bridgehead atoms. The van der Waals surface area contributed by atoms with Crippen molar-refractivity contribution in [2.75, 3.05) is 22.1 Å². The second-order valence-electron chi connectivity index (χ2n) is 7.00. The minimum atomic E-state index is -0.743. The Bertz CT molecular complexity index is 1210. The zero-order valence-corrected chi connectivity index (χ0v) is 16.6. The summed E-state index contributed by atoms with van der Waals surface area (Å²) in [5, 5.41) is 5.41. The summed E-state index contributed by atoms with van der Waals surface area (Å²) in [7, 11) is 0. The van der Waals surface area contributed by atoms with Crippen molar-refractivity contribution in [2.45, 2.75) is 6.92 Å². The topological polar surface area (TPSA) is 108 Å². The first-order valence-corrected chi connectivity index (χ1v) is 9.52. The molecule has 2 N–H and O–H groups in total. The van der Waals surface area contributed by atoms with Gasteiger partial charge in [0.2, 0.25) is 5.91 Å². The van der Waals surface area contributed by atoms with Crippen LogP contribution in [0.3, 0.4) is 0 Å². The van der Waals surface area contributed by atoms with E-state index in [1.807, 2.05) is 6.92 Å². The first-order chi connectivity index (χ1) is 14.9. The summed E-state index contributed by atoms with van der Waals surface area (Å²) in [4.78, 5) is 54.8. The van der Waals surface area contributed by atoms with E-state index >= 15 is 0 Å². The van der Waals surface area contributed by atoms with Crippen molar-refractivity contribution < 1.29 is 19.2 Å². The average molecular weight is 414 g/mol. The van der Waals surface area contributed by atoms with E-state index in [2.05, 4.69) is 15.6 Å². The van der Waals surface area contributed by atoms with Crippen LogP contribution >= 0.6 is 0 Å². The third-order valence-electron chi connectivity index (χ3n) is 4.78. The van der Waals surface area contributed by atoms with Gasteiger partial charge in [0.05, 0.1) is 22.6 Å². The number of para-hydroxylation sites is 2. The number of amides is 3. The third kappa shape index (κ3) is 4.04. The summed E-state index contributed by atoms with van der Waals surface area (Å²) in [6.45, 7) is 1.49. The maximum atomic E-state index is 12.7. The highest BCUT2D eigenvalue weighted by Gasteiger charge is 2.36. The molecule has 0 unspecified atom stereocenters. The fraction of sp³-hybridized carbons (Fsp3) is 0.0870. The van der Waals surface area contributed by atoms with Gasteiger partial charge < -0.3 is 10.6 Å². The molecule has 3 amide bonds. The Morgan fingerprint density at radius 2 is 1.65 bits per heavy atom. The molecule has 4 rings (SSSR count). The summed E-state index contributed by atoms with van der Waals surface area (Å²) in [5.41, 5.74) is 2.53. The van der Waals surface area contributed by atoms with E-state index in [0.717, 1.165) is 10.5 Å². The molecule has 0 fully saturated rings. The van der Waals surface area contributed by atoms with Crippen LogP contribution in [-0.4, -0.2) is 35.0 Å².